The molecule has 0 atom stereocenters. The van der Waals surface area contributed by atoms with Gasteiger partial charge in [-0.05, 0) is 74.4 Å². The van der Waals surface area contributed by atoms with E-state index in [-0.39, 0.29) is 66.9 Å². The van der Waals surface area contributed by atoms with Gasteiger partial charge in [0.15, 0.2) is 17.1 Å². The standard InChI is InChI=1S/C40H30N10O18S6/c1-18-12-26(29(68-10-5-11-70(53,54)55)14-25(18)45-49-40-43-27-15-31(71(56,57)58)32(72(59,60)61)16-30(27)69-40)46-48-35-33(73(62,63)64)13-21-20(36(35)51)8-9-24(37(21)74(65,66)67)44-47-34-19(2)22(17-41)38-42-23-6-3-4-7-28(23)50(38)39(34)52/h3-4,6-9,12-16,51-52H,5,10-11H2,1-2H3,(H,53,54,55)(H,56,57,58)(H,59,60,61)(H,62,63,64)(H,65,66,67). The molecule has 0 saturated heterocycles. The first kappa shape index (κ1) is 52.8. The topological polar surface area (TPSA) is 450 Å². The molecule has 0 fully saturated rings. The molecule has 0 saturated carbocycles. The second-order valence-electron chi connectivity index (χ2n) is 15.5. The van der Waals surface area contributed by atoms with E-state index in [9.17, 15) is 80.3 Å². The molecule has 8 rings (SSSR count). The lowest BCUT2D eigenvalue weighted by atomic mass is 10.1. The zero-order chi connectivity index (χ0) is 54.0. The quantitative estimate of drug-likeness (QED) is 0.0290. The van der Waals surface area contributed by atoms with E-state index in [4.69, 9.17) is 4.74 Å². The van der Waals surface area contributed by atoms with Crippen molar-refractivity contribution in [2.75, 3.05) is 12.4 Å². The maximum atomic E-state index is 13.1. The normalized spacial score (nSPS) is 13.2. The first-order valence-corrected chi connectivity index (χ1v) is 28.3. The molecule has 3 aromatic heterocycles. The van der Waals surface area contributed by atoms with Gasteiger partial charge in [0, 0.05) is 22.4 Å². The summed E-state index contributed by atoms with van der Waals surface area (Å²) in [4.78, 5) is 3.74. The van der Waals surface area contributed by atoms with E-state index in [1.165, 1.54) is 24.3 Å². The van der Waals surface area contributed by atoms with Crippen molar-refractivity contribution in [2.24, 2.45) is 30.7 Å². The summed E-state index contributed by atoms with van der Waals surface area (Å²) in [5.41, 5.74) is -1.48. The lowest BCUT2D eigenvalue weighted by Crippen LogP contribution is -2.08. The fraction of sp³-hybridized carbons (Fsp3) is 0.125. The van der Waals surface area contributed by atoms with Gasteiger partial charge in [-0.2, -0.15) is 47.4 Å². The minimum atomic E-state index is -5.50. The van der Waals surface area contributed by atoms with Crippen LogP contribution in [0.5, 0.6) is 17.4 Å². The van der Waals surface area contributed by atoms with E-state index < -0.39 is 116 Å². The Balaban J connectivity index is 1.22. The average Bonchev–Trinajstić information content (AvgIpc) is 3.89. The summed E-state index contributed by atoms with van der Waals surface area (Å²) < 4.78 is 179. The number of fused-ring (bicyclic) bond motifs is 5. The van der Waals surface area contributed by atoms with Gasteiger partial charge in [-0.1, -0.05) is 23.5 Å². The lowest BCUT2D eigenvalue weighted by molar-refractivity contribution is 0.317. The van der Waals surface area contributed by atoms with E-state index in [2.05, 4.69) is 40.7 Å². The smallest absolute Gasteiger partial charge is 0.297 e. The number of rotatable bonds is 15. The number of aromatic hydroxyl groups is 2. The highest BCUT2D eigenvalue weighted by Gasteiger charge is 2.30. The third-order valence-electron chi connectivity index (χ3n) is 10.6. The summed E-state index contributed by atoms with van der Waals surface area (Å²) in [5, 5.41) is 55.3. The van der Waals surface area contributed by atoms with Gasteiger partial charge < -0.3 is 14.9 Å². The van der Waals surface area contributed by atoms with E-state index in [0.717, 1.165) is 24.3 Å². The molecular weight excluding hydrogens is 1100 g/mol. The predicted molar refractivity (Wildman–Crippen MR) is 259 cm³/mol. The van der Waals surface area contributed by atoms with Crippen molar-refractivity contribution in [3.05, 3.63) is 83.4 Å². The van der Waals surface area contributed by atoms with E-state index in [1.807, 2.05) is 6.07 Å². The molecule has 28 nitrogen and oxygen atoms in total. The number of aryl methyl sites for hydroxylation is 1. The van der Waals surface area contributed by atoms with Crippen LogP contribution >= 0.6 is 11.3 Å². The highest BCUT2D eigenvalue weighted by molar-refractivity contribution is 7.89. The second-order valence-corrected chi connectivity index (χ2v) is 23.6. The third-order valence-corrected chi connectivity index (χ3v) is 16.0. The van der Waals surface area contributed by atoms with Gasteiger partial charge in [-0.25, -0.2) is 9.97 Å². The molecule has 0 aliphatic heterocycles. The van der Waals surface area contributed by atoms with Gasteiger partial charge in [0.25, 0.3) is 50.6 Å². The first-order chi connectivity index (χ1) is 34.5. The number of aromatic nitrogens is 3. The highest BCUT2D eigenvalue weighted by atomic mass is 32.2. The molecule has 0 aliphatic rings. The van der Waals surface area contributed by atoms with Crippen LogP contribution in [0.3, 0.4) is 0 Å². The summed E-state index contributed by atoms with van der Waals surface area (Å²) in [7, 11) is -25.8. The van der Waals surface area contributed by atoms with Gasteiger partial charge in [-0.3, -0.25) is 27.2 Å². The molecule has 384 valence electrons. The number of para-hydroxylation sites is 2. The largest absolute Gasteiger partial charge is 0.505 e. The van der Waals surface area contributed by atoms with Crippen molar-refractivity contribution in [2.45, 2.75) is 39.9 Å². The number of azo groups is 3. The summed E-state index contributed by atoms with van der Waals surface area (Å²) >= 11 is 0.676. The van der Waals surface area contributed by atoms with Crippen LogP contribution in [-0.2, 0) is 50.6 Å². The Labute approximate surface area is 420 Å². The molecule has 74 heavy (non-hydrogen) atoms. The molecule has 8 aromatic rings. The van der Waals surface area contributed by atoms with Crippen LogP contribution in [0, 0.1) is 25.2 Å². The SMILES string of the molecule is Cc1cc(N=Nc2c(S(=O)(=O)O)cc3c(S(=O)(=O)O)c(N=Nc4c(C)c(C#N)c5nc6ccccc6n5c4O)ccc3c2O)c(OCCCS(=O)(=O)O)cc1N=Nc1nc2cc(S(=O)(=O)O)c(S(=O)(=O)O)cc2s1. The summed E-state index contributed by atoms with van der Waals surface area (Å²) in [6.07, 6.45) is -0.308. The zero-order valence-corrected chi connectivity index (χ0v) is 41.9. The fourth-order valence-electron chi connectivity index (χ4n) is 7.31. The van der Waals surface area contributed by atoms with Gasteiger partial charge in [0.1, 0.15) is 54.0 Å². The Morgan fingerprint density at radius 2 is 1.30 bits per heavy atom. The number of phenols is 1. The summed E-state index contributed by atoms with van der Waals surface area (Å²) in [5.74, 6) is -2.75. The minimum absolute atomic E-state index is 0.0169. The molecule has 7 N–H and O–H groups in total. The molecule has 0 bridgehead atoms. The van der Waals surface area contributed by atoms with Crippen LogP contribution < -0.4 is 4.74 Å². The molecule has 3 heterocycles. The number of hydrogen-bond donors (Lipinski definition) is 7. The molecular formula is C40H30N10O18S6. The highest BCUT2D eigenvalue weighted by Crippen LogP contribution is 2.47. The number of thiazole rings is 1. The molecule has 0 amide bonds. The number of hydrogen-bond acceptors (Lipinski definition) is 23. The summed E-state index contributed by atoms with van der Waals surface area (Å²) in [6.45, 7) is 2.41. The maximum absolute atomic E-state index is 13.1. The van der Waals surface area contributed by atoms with Crippen molar-refractivity contribution in [1.29, 1.82) is 5.26 Å². The van der Waals surface area contributed by atoms with Gasteiger partial charge >= 0.3 is 0 Å². The Kier molecular flexibility index (Phi) is 13.6. The fourth-order valence-corrected chi connectivity index (χ4v) is 11.9. The average molecular weight is 1130 g/mol. The van der Waals surface area contributed by atoms with Crippen LogP contribution in [0.1, 0.15) is 23.1 Å². The molecule has 0 radical (unpaired) electrons. The number of nitriles is 1. The monoisotopic (exact) mass is 1130 g/mol. The zero-order valence-electron chi connectivity index (χ0n) is 37.0. The predicted octanol–water partition coefficient (Wildman–Crippen LogP) is 8.04. The molecule has 5 aromatic carbocycles. The third kappa shape index (κ3) is 10.5. The Morgan fingerprint density at radius 1 is 0.662 bits per heavy atom. The maximum Gasteiger partial charge on any atom is 0.297 e. The van der Waals surface area contributed by atoms with Crippen molar-refractivity contribution in [3.8, 4) is 23.4 Å². The van der Waals surface area contributed by atoms with Crippen LogP contribution in [-0.4, -0.2) is 102 Å². The summed E-state index contributed by atoms with van der Waals surface area (Å²) in [6, 6.07) is 14.8. The number of imidazole rings is 1. The first-order valence-electron chi connectivity index (χ1n) is 20.1. The van der Waals surface area contributed by atoms with Gasteiger partial charge in [0.05, 0.1) is 39.3 Å². The van der Waals surface area contributed by atoms with Crippen molar-refractivity contribution in [1.82, 2.24) is 14.4 Å². The molecule has 0 unspecified atom stereocenters. The minimum Gasteiger partial charge on any atom is -0.505 e. The van der Waals surface area contributed by atoms with E-state index in [0.29, 0.717) is 34.5 Å². The molecule has 0 aliphatic carbocycles. The number of ether oxygens (including phenoxy) is 1. The Bertz CT molecular complexity index is 4410. The van der Waals surface area contributed by atoms with Crippen LogP contribution in [0.2, 0.25) is 0 Å². The number of pyridine rings is 1. The van der Waals surface area contributed by atoms with Crippen molar-refractivity contribution in [3.63, 3.8) is 0 Å². The van der Waals surface area contributed by atoms with Gasteiger partial charge in [-0.15, -0.1) is 30.7 Å². The van der Waals surface area contributed by atoms with Crippen LogP contribution in [0.25, 0.3) is 37.7 Å². The van der Waals surface area contributed by atoms with E-state index in [1.54, 1.807) is 24.3 Å². The van der Waals surface area contributed by atoms with Crippen molar-refractivity contribution < 1.29 is 79.8 Å². The Hall–Kier alpha value is -7.56. The molecule has 34 heteroatoms. The van der Waals surface area contributed by atoms with Crippen molar-refractivity contribution >= 4 is 133 Å². The van der Waals surface area contributed by atoms with Crippen LogP contribution in [0.4, 0.5) is 33.6 Å². The second kappa shape index (κ2) is 19.0. The number of benzene rings is 5. The lowest BCUT2D eigenvalue weighted by Gasteiger charge is -2.13. The molecule has 0 spiro atoms. The Morgan fingerprint density at radius 3 is 1.95 bits per heavy atom. The number of phenolic OH excluding ortho intramolecular Hbond substituents is 1. The number of nitrogens with zero attached hydrogens (tertiary/aromatic N) is 10. The van der Waals surface area contributed by atoms with Crippen LogP contribution in [0.15, 0.2) is 117 Å². The van der Waals surface area contributed by atoms with E-state index >= 15 is 0 Å². The van der Waals surface area contributed by atoms with Gasteiger partial charge in [0.2, 0.25) is 11.0 Å².